The number of nitrogens with zero attached hydrogens (tertiary/aromatic N) is 2. The Bertz CT molecular complexity index is 848. The molecule has 2 saturated heterocycles. The first kappa shape index (κ1) is 20.4. The van der Waals surface area contributed by atoms with Crippen molar-refractivity contribution >= 4 is 17.6 Å². The highest BCUT2D eigenvalue weighted by Gasteiger charge is 2.45. The van der Waals surface area contributed by atoms with E-state index in [-0.39, 0.29) is 23.6 Å². The smallest absolute Gasteiger partial charge is 0.321 e. The predicted octanol–water partition coefficient (Wildman–Crippen LogP) is 3.01. The number of benzene rings is 1. The molecule has 1 atom stereocenters. The van der Waals surface area contributed by atoms with Crippen molar-refractivity contribution in [3.63, 3.8) is 0 Å². The van der Waals surface area contributed by atoms with E-state index >= 15 is 0 Å². The first-order chi connectivity index (χ1) is 15.0. The van der Waals surface area contributed by atoms with E-state index in [0.717, 1.165) is 38.5 Å². The summed E-state index contributed by atoms with van der Waals surface area (Å²) in [5, 5.41) is 2.98. The van der Waals surface area contributed by atoms with E-state index in [4.69, 9.17) is 14.2 Å². The van der Waals surface area contributed by atoms with Gasteiger partial charge in [0.25, 0.3) is 0 Å². The van der Waals surface area contributed by atoms with E-state index in [2.05, 4.69) is 10.2 Å². The molecule has 3 amide bonds. The van der Waals surface area contributed by atoms with Gasteiger partial charge in [0.1, 0.15) is 13.2 Å². The maximum atomic E-state index is 12.8. The number of carbonyl (C=O) groups is 2. The van der Waals surface area contributed by atoms with Crippen molar-refractivity contribution < 1.29 is 23.8 Å². The molecule has 168 valence electrons. The largest absolute Gasteiger partial charge is 0.486 e. The molecule has 3 aliphatic heterocycles. The van der Waals surface area contributed by atoms with Gasteiger partial charge >= 0.3 is 6.03 Å². The highest BCUT2D eigenvalue weighted by atomic mass is 16.6. The summed E-state index contributed by atoms with van der Waals surface area (Å²) in [7, 11) is 0. The van der Waals surface area contributed by atoms with Crippen molar-refractivity contribution in [1.29, 1.82) is 0 Å². The molecule has 1 aliphatic carbocycles. The van der Waals surface area contributed by atoms with Crippen molar-refractivity contribution in [2.24, 2.45) is 0 Å². The fourth-order valence-corrected chi connectivity index (χ4v) is 5.19. The fraction of sp³-hybridized carbons (Fsp3) is 0.652. The molecule has 1 aromatic carbocycles. The van der Waals surface area contributed by atoms with Crippen molar-refractivity contribution in [2.45, 2.75) is 63.1 Å². The summed E-state index contributed by atoms with van der Waals surface area (Å²) in [6.07, 6.45) is 5.63. The molecule has 1 aromatic rings. The number of piperidine rings is 1. The zero-order chi connectivity index (χ0) is 21.4. The van der Waals surface area contributed by atoms with E-state index in [1.165, 1.54) is 0 Å². The molecule has 4 aliphatic rings. The van der Waals surface area contributed by atoms with Gasteiger partial charge < -0.3 is 29.3 Å². The predicted molar refractivity (Wildman–Crippen MR) is 115 cm³/mol. The van der Waals surface area contributed by atoms with Crippen LogP contribution in [0, 0.1) is 0 Å². The minimum atomic E-state index is -0.223. The Kier molecular flexibility index (Phi) is 5.42. The van der Waals surface area contributed by atoms with E-state index in [1.807, 2.05) is 17.0 Å². The molecule has 3 fully saturated rings. The zero-order valence-corrected chi connectivity index (χ0v) is 18.1. The number of hydrogen-bond acceptors (Lipinski definition) is 5. The van der Waals surface area contributed by atoms with Crippen molar-refractivity contribution in [1.82, 2.24) is 9.80 Å². The van der Waals surface area contributed by atoms with E-state index in [9.17, 15) is 9.59 Å². The van der Waals surface area contributed by atoms with Crippen LogP contribution in [0.25, 0.3) is 0 Å². The second kappa shape index (κ2) is 8.22. The average Bonchev–Trinajstić information content (AvgIpc) is 3.59. The molecule has 5 rings (SSSR count). The summed E-state index contributed by atoms with van der Waals surface area (Å²) in [6.45, 7) is 4.72. The summed E-state index contributed by atoms with van der Waals surface area (Å²) in [6, 6.07) is 6.04. The van der Waals surface area contributed by atoms with Crippen LogP contribution in [0.15, 0.2) is 18.2 Å². The Morgan fingerprint density at radius 2 is 1.77 bits per heavy atom. The first-order valence-electron chi connectivity index (χ1n) is 11.4. The minimum Gasteiger partial charge on any atom is -0.486 e. The van der Waals surface area contributed by atoms with Crippen LogP contribution < -0.4 is 14.8 Å². The second-order valence-electron chi connectivity index (χ2n) is 9.11. The van der Waals surface area contributed by atoms with Gasteiger partial charge in [0, 0.05) is 50.5 Å². The van der Waals surface area contributed by atoms with Crippen LogP contribution in [0.4, 0.5) is 10.5 Å². The maximum Gasteiger partial charge on any atom is 0.321 e. The number of ether oxygens (including phenoxy) is 3. The number of hydrogen-bond donors (Lipinski definition) is 1. The van der Waals surface area contributed by atoms with Gasteiger partial charge in [-0.25, -0.2) is 4.79 Å². The summed E-state index contributed by atoms with van der Waals surface area (Å²) < 4.78 is 17.4. The highest BCUT2D eigenvalue weighted by Crippen LogP contribution is 2.40. The summed E-state index contributed by atoms with van der Waals surface area (Å²) >= 11 is 0. The standard InChI is InChI=1S/C23H31N3O5/c1-16(27)26(18-3-4-18)19-6-11-31-23(15-19)7-9-25(10-8-23)22(28)24-17-2-5-20-21(14-17)30-13-12-29-20/h2,5,14,18-19H,3-4,6-13,15H2,1H3,(H,24,28). The normalized spacial score (nSPS) is 24.5. The van der Waals surface area contributed by atoms with E-state index in [0.29, 0.717) is 56.1 Å². The lowest BCUT2D eigenvalue weighted by Gasteiger charge is -2.48. The molecule has 8 nitrogen and oxygen atoms in total. The Balaban J connectivity index is 1.18. The van der Waals surface area contributed by atoms with Crippen LogP contribution in [0.2, 0.25) is 0 Å². The number of fused-ring (bicyclic) bond motifs is 1. The Labute approximate surface area is 182 Å². The second-order valence-corrected chi connectivity index (χ2v) is 9.11. The number of anilines is 1. The van der Waals surface area contributed by atoms with Crippen LogP contribution in [-0.2, 0) is 9.53 Å². The number of rotatable bonds is 3. The molecule has 1 saturated carbocycles. The maximum absolute atomic E-state index is 12.8. The number of carbonyl (C=O) groups excluding carboxylic acids is 2. The van der Waals surface area contributed by atoms with Gasteiger partial charge in [0.2, 0.25) is 5.91 Å². The third kappa shape index (κ3) is 4.31. The Morgan fingerprint density at radius 1 is 1.03 bits per heavy atom. The van der Waals surface area contributed by atoms with Crippen molar-refractivity contribution in [3.8, 4) is 11.5 Å². The van der Waals surface area contributed by atoms with Crippen LogP contribution in [0.5, 0.6) is 11.5 Å². The number of urea groups is 1. The molecule has 8 heteroatoms. The lowest BCUT2D eigenvalue weighted by molar-refractivity contribution is -0.148. The van der Waals surface area contributed by atoms with Crippen molar-refractivity contribution in [2.75, 3.05) is 38.2 Å². The molecule has 1 unspecified atom stereocenters. The number of nitrogens with one attached hydrogen (secondary N) is 1. The number of likely N-dealkylation sites (tertiary alicyclic amines) is 1. The van der Waals surface area contributed by atoms with Crippen LogP contribution in [-0.4, -0.2) is 72.3 Å². The van der Waals surface area contributed by atoms with Gasteiger partial charge in [0.05, 0.1) is 5.60 Å². The van der Waals surface area contributed by atoms with E-state index in [1.54, 1.807) is 13.0 Å². The van der Waals surface area contributed by atoms with Gasteiger partial charge in [-0.05, 0) is 50.7 Å². The lowest BCUT2D eigenvalue weighted by atomic mass is 9.81. The molecular weight excluding hydrogens is 398 g/mol. The SMILES string of the molecule is CC(=O)N(C1CC1)C1CCOC2(CCN(C(=O)Nc3ccc4c(c3)OCCO4)CC2)C1. The summed E-state index contributed by atoms with van der Waals surface area (Å²) in [4.78, 5) is 29.0. The van der Waals surface area contributed by atoms with Crippen LogP contribution in [0.1, 0.15) is 45.4 Å². The average molecular weight is 430 g/mol. The highest BCUT2D eigenvalue weighted by molar-refractivity contribution is 5.89. The van der Waals surface area contributed by atoms with Gasteiger partial charge in [-0.1, -0.05) is 0 Å². The molecule has 1 N–H and O–H groups in total. The zero-order valence-electron chi connectivity index (χ0n) is 18.1. The molecule has 0 radical (unpaired) electrons. The number of amides is 3. The first-order valence-corrected chi connectivity index (χ1v) is 11.4. The molecular formula is C23H31N3O5. The summed E-state index contributed by atoms with van der Waals surface area (Å²) in [5.74, 6) is 1.55. The van der Waals surface area contributed by atoms with E-state index < -0.39 is 0 Å². The molecule has 1 spiro atoms. The molecule has 31 heavy (non-hydrogen) atoms. The lowest BCUT2D eigenvalue weighted by Crippen LogP contribution is -2.56. The molecule has 0 bridgehead atoms. The summed E-state index contributed by atoms with van der Waals surface area (Å²) in [5.41, 5.74) is 0.476. The molecule has 0 aromatic heterocycles. The van der Waals surface area contributed by atoms with Gasteiger partial charge in [-0.3, -0.25) is 4.79 Å². The topological polar surface area (TPSA) is 80.3 Å². The van der Waals surface area contributed by atoms with Crippen LogP contribution >= 0.6 is 0 Å². The van der Waals surface area contributed by atoms with Crippen molar-refractivity contribution in [3.05, 3.63) is 18.2 Å². The third-order valence-electron chi connectivity index (χ3n) is 6.92. The monoisotopic (exact) mass is 429 g/mol. The minimum absolute atomic E-state index is 0.109. The fourth-order valence-electron chi connectivity index (χ4n) is 5.19. The molecule has 3 heterocycles. The Morgan fingerprint density at radius 3 is 2.48 bits per heavy atom. The van der Waals surface area contributed by atoms with Gasteiger partial charge in [-0.2, -0.15) is 0 Å². The third-order valence-corrected chi connectivity index (χ3v) is 6.92. The van der Waals surface area contributed by atoms with Gasteiger partial charge in [-0.15, -0.1) is 0 Å². The van der Waals surface area contributed by atoms with Gasteiger partial charge in [0.15, 0.2) is 11.5 Å². The quantitative estimate of drug-likeness (QED) is 0.799. The van der Waals surface area contributed by atoms with Crippen LogP contribution in [0.3, 0.4) is 0 Å². The Hall–Kier alpha value is -2.48.